The van der Waals surface area contributed by atoms with Crippen molar-refractivity contribution in [2.45, 2.75) is 6.42 Å². The van der Waals surface area contributed by atoms with Crippen molar-refractivity contribution in [1.82, 2.24) is 0 Å². The molecule has 0 saturated carbocycles. The highest BCUT2D eigenvalue weighted by molar-refractivity contribution is 9.10. The van der Waals surface area contributed by atoms with E-state index in [2.05, 4.69) is 15.9 Å². The van der Waals surface area contributed by atoms with Crippen LogP contribution in [-0.2, 0) is 16.0 Å². The van der Waals surface area contributed by atoms with Gasteiger partial charge in [0, 0.05) is 16.5 Å². The van der Waals surface area contributed by atoms with Crippen LogP contribution < -0.4 is 0 Å². The van der Waals surface area contributed by atoms with Crippen molar-refractivity contribution in [3.05, 3.63) is 34.1 Å². The van der Waals surface area contributed by atoms with Crippen molar-refractivity contribution >= 4 is 27.7 Å². The van der Waals surface area contributed by atoms with Gasteiger partial charge in [-0.2, -0.15) is 0 Å². The quantitative estimate of drug-likeness (QED) is 0.844. The molecule has 74 valence electrons. The smallest absolute Gasteiger partial charge is 0.372 e. The first-order valence-corrected chi connectivity index (χ1v) is 4.50. The first-order valence-electron chi connectivity index (χ1n) is 3.71. The Morgan fingerprint density at radius 3 is 2.57 bits per heavy atom. The number of hydrogen-bond acceptors (Lipinski definition) is 2. The lowest BCUT2D eigenvalue weighted by atomic mass is 10.1. The number of ketones is 1. The van der Waals surface area contributed by atoms with Gasteiger partial charge in [0.25, 0.3) is 0 Å². The molecule has 0 aliphatic carbocycles. The molecule has 1 N–H and O–H groups in total. The zero-order valence-electron chi connectivity index (χ0n) is 6.96. The van der Waals surface area contributed by atoms with Gasteiger partial charge in [0.2, 0.25) is 5.78 Å². The Balaban J connectivity index is 2.97. The lowest BCUT2D eigenvalue weighted by molar-refractivity contribution is -0.148. The van der Waals surface area contributed by atoms with Crippen molar-refractivity contribution < 1.29 is 19.1 Å². The highest BCUT2D eigenvalue weighted by Gasteiger charge is 2.16. The molecule has 14 heavy (non-hydrogen) atoms. The van der Waals surface area contributed by atoms with Gasteiger partial charge in [0.15, 0.2) is 0 Å². The molecule has 3 nitrogen and oxygen atoms in total. The van der Waals surface area contributed by atoms with E-state index in [4.69, 9.17) is 5.11 Å². The van der Waals surface area contributed by atoms with E-state index in [0.717, 1.165) is 0 Å². The largest absolute Gasteiger partial charge is 0.475 e. The van der Waals surface area contributed by atoms with E-state index in [1.807, 2.05) is 0 Å². The SMILES string of the molecule is O=C(O)C(=O)Cc1c(F)cccc1Br. The van der Waals surface area contributed by atoms with Gasteiger partial charge in [-0.15, -0.1) is 0 Å². The number of hydrogen-bond donors (Lipinski definition) is 1. The number of carboxylic acids is 1. The molecule has 0 unspecified atom stereocenters. The summed E-state index contributed by atoms with van der Waals surface area (Å²) in [6.45, 7) is 0. The number of halogens is 2. The van der Waals surface area contributed by atoms with Gasteiger partial charge in [-0.1, -0.05) is 22.0 Å². The maximum absolute atomic E-state index is 13.1. The van der Waals surface area contributed by atoms with E-state index >= 15 is 0 Å². The summed E-state index contributed by atoms with van der Waals surface area (Å²) in [5.41, 5.74) is 0.0694. The number of carboxylic acid groups (broad SMARTS) is 1. The number of rotatable bonds is 3. The summed E-state index contributed by atoms with van der Waals surface area (Å²) in [6, 6.07) is 4.19. The first-order chi connectivity index (χ1) is 6.52. The molecule has 0 saturated heterocycles. The second-order valence-electron chi connectivity index (χ2n) is 2.61. The van der Waals surface area contributed by atoms with Gasteiger partial charge in [0.1, 0.15) is 5.82 Å². The molecule has 0 atom stereocenters. The maximum Gasteiger partial charge on any atom is 0.372 e. The summed E-state index contributed by atoms with van der Waals surface area (Å²) in [5.74, 6) is -3.18. The Hall–Kier alpha value is -1.23. The molecule has 0 fully saturated rings. The highest BCUT2D eigenvalue weighted by atomic mass is 79.9. The van der Waals surface area contributed by atoms with Crippen LogP contribution in [0.3, 0.4) is 0 Å². The van der Waals surface area contributed by atoms with E-state index < -0.39 is 24.0 Å². The molecule has 0 aliphatic heterocycles. The monoisotopic (exact) mass is 260 g/mol. The van der Waals surface area contributed by atoms with Crippen LogP contribution in [0.5, 0.6) is 0 Å². The Morgan fingerprint density at radius 1 is 1.43 bits per heavy atom. The zero-order valence-corrected chi connectivity index (χ0v) is 8.54. The van der Waals surface area contributed by atoms with Gasteiger partial charge in [-0.05, 0) is 12.1 Å². The average Bonchev–Trinajstić information content (AvgIpc) is 2.11. The molecule has 1 rings (SSSR count). The molecule has 0 aliphatic rings. The van der Waals surface area contributed by atoms with Gasteiger partial charge in [-0.3, -0.25) is 4.79 Å². The molecule has 1 aromatic carbocycles. The first kappa shape index (κ1) is 10.8. The van der Waals surface area contributed by atoms with Crippen molar-refractivity contribution in [2.75, 3.05) is 0 Å². The van der Waals surface area contributed by atoms with Crippen LogP contribution in [0.25, 0.3) is 0 Å². The topological polar surface area (TPSA) is 54.4 Å². The van der Waals surface area contributed by atoms with E-state index in [9.17, 15) is 14.0 Å². The summed E-state index contributed by atoms with van der Waals surface area (Å²) < 4.78 is 13.5. The molecule has 0 spiro atoms. The number of carbonyl (C=O) groups excluding carboxylic acids is 1. The van der Waals surface area contributed by atoms with Crippen LogP contribution in [0.15, 0.2) is 22.7 Å². The molecule has 1 aromatic rings. The standard InChI is InChI=1S/C9H6BrFO3/c10-6-2-1-3-7(11)5(6)4-8(12)9(13)14/h1-3H,4H2,(H,13,14). The van der Waals surface area contributed by atoms with Crippen molar-refractivity contribution in [3.8, 4) is 0 Å². The Labute approximate surface area is 87.7 Å². The zero-order chi connectivity index (χ0) is 10.7. The average molecular weight is 261 g/mol. The second-order valence-corrected chi connectivity index (χ2v) is 3.46. The lowest BCUT2D eigenvalue weighted by Gasteiger charge is -2.02. The van der Waals surface area contributed by atoms with Crippen LogP contribution in [0.1, 0.15) is 5.56 Å². The number of benzene rings is 1. The third kappa shape index (κ3) is 2.38. The summed E-state index contributed by atoms with van der Waals surface area (Å²) in [6.07, 6.45) is -0.442. The molecule has 5 heteroatoms. The van der Waals surface area contributed by atoms with Gasteiger partial charge in [-0.25, -0.2) is 9.18 Å². The fourth-order valence-electron chi connectivity index (χ4n) is 0.937. The van der Waals surface area contributed by atoms with E-state index in [1.165, 1.54) is 12.1 Å². The Morgan fingerprint density at radius 2 is 2.07 bits per heavy atom. The second kappa shape index (κ2) is 4.32. The minimum absolute atomic E-state index is 0.0694. The summed E-state index contributed by atoms with van der Waals surface area (Å²) in [7, 11) is 0. The minimum Gasteiger partial charge on any atom is -0.475 e. The van der Waals surface area contributed by atoms with Crippen LogP contribution in [0.4, 0.5) is 4.39 Å². The molecule has 0 heterocycles. The maximum atomic E-state index is 13.1. The number of carbonyl (C=O) groups is 2. The predicted octanol–water partition coefficient (Wildman–Crippen LogP) is 1.78. The van der Waals surface area contributed by atoms with Crippen molar-refractivity contribution in [3.63, 3.8) is 0 Å². The summed E-state index contributed by atoms with van der Waals surface area (Å²) >= 11 is 3.04. The lowest BCUT2D eigenvalue weighted by Crippen LogP contribution is -2.16. The van der Waals surface area contributed by atoms with Crippen LogP contribution in [0.2, 0.25) is 0 Å². The van der Waals surface area contributed by atoms with Gasteiger partial charge >= 0.3 is 5.97 Å². The van der Waals surface area contributed by atoms with E-state index in [1.54, 1.807) is 6.07 Å². The van der Waals surface area contributed by atoms with Gasteiger partial charge in [0.05, 0.1) is 0 Å². The van der Waals surface area contributed by atoms with Crippen LogP contribution in [-0.4, -0.2) is 16.9 Å². The molecular weight excluding hydrogens is 255 g/mol. The predicted molar refractivity (Wildman–Crippen MR) is 50.4 cm³/mol. The fourth-order valence-corrected chi connectivity index (χ4v) is 1.42. The number of aliphatic carboxylic acids is 1. The third-order valence-corrected chi connectivity index (χ3v) is 2.38. The third-order valence-electron chi connectivity index (χ3n) is 1.64. The van der Waals surface area contributed by atoms with Crippen molar-refractivity contribution in [1.29, 1.82) is 0 Å². The van der Waals surface area contributed by atoms with Crippen LogP contribution in [0, 0.1) is 5.82 Å². The Kier molecular flexibility index (Phi) is 3.35. The van der Waals surface area contributed by atoms with Crippen LogP contribution >= 0.6 is 15.9 Å². The normalized spacial score (nSPS) is 9.86. The van der Waals surface area contributed by atoms with E-state index in [0.29, 0.717) is 4.47 Å². The molecule has 0 aromatic heterocycles. The Bertz CT molecular complexity index is 369. The van der Waals surface area contributed by atoms with E-state index in [-0.39, 0.29) is 5.56 Å². The molecule has 0 amide bonds. The van der Waals surface area contributed by atoms with Crippen molar-refractivity contribution in [2.24, 2.45) is 0 Å². The van der Waals surface area contributed by atoms with Gasteiger partial charge < -0.3 is 5.11 Å². The summed E-state index contributed by atoms with van der Waals surface area (Å²) in [4.78, 5) is 21.1. The molecule has 0 bridgehead atoms. The number of Topliss-reactive ketones (excluding diaryl/α,β-unsaturated/α-hetero) is 1. The minimum atomic E-state index is -1.56. The molecule has 0 radical (unpaired) electrons. The summed E-state index contributed by atoms with van der Waals surface area (Å²) in [5, 5.41) is 8.34. The highest BCUT2D eigenvalue weighted by Crippen LogP contribution is 2.20. The molecular formula is C9H6BrFO3. The fraction of sp³-hybridized carbons (Fsp3) is 0.111.